The first-order chi connectivity index (χ1) is 6.86. The quantitative estimate of drug-likeness (QED) is 0.579. The topological polar surface area (TPSA) is 116 Å². The number of aromatic carboxylic acids is 1. The van der Waals surface area contributed by atoms with Gasteiger partial charge in [-0.1, -0.05) is 0 Å². The van der Waals surface area contributed by atoms with Crippen LogP contribution in [0.2, 0.25) is 0 Å². The van der Waals surface area contributed by atoms with Crippen molar-refractivity contribution in [3.63, 3.8) is 0 Å². The second kappa shape index (κ2) is 3.74. The van der Waals surface area contributed by atoms with Crippen LogP contribution < -0.4 is 5.73 Å². The van der Waals surface area contributed by atoms with Crippen LogP contribution in [-0.4, -0.2) is 27.1 Å². The van der Waals surface area contributed by atoms with Gasteiger partial charge in [0.15, 0.2) is 0 Å². The highest BCUT2D eigenvalue weighted by Gasteiger charge is 2.23. The van der Waals surface area contributed by atoms with Crippen molar-refractivity contribution in [3.05, 3.63) is 22.5 Å². The number of aromatic nitrogens is 1. The van der Waals surface area contributed by atoms with Gasteiger partial charge in [-0.05, 0) is 25.0 Å². The minimum atomic E-state index is -1.23. The van der Waals surface area contributed by atoms with Gasteiger partial charge >= 0.3 is 11.9 Å². The second-order valence-corrected chi connectivity index (χ2v) is 3.28. The number of nitrogens with one attached hydrogen (secondary N) is 1. The molecule has 6 heteroatoms. The molecule has 1 aromatic rings. The van der Waals surface area contributed by atoms with Crippen LogP contribution in [0.5, 0.6) is 0 Å². The molecule has 6 nitrogen and oxygen atoms in total. The molecule has 0 aromatic carbocycles. The summed E-state index contributed by atoms with van der Waals surface area (Å²) >= 11 is 0. The van der Waals surface area contributed by atoms with E-state index >= 15 is 0 Å². The number of aromatic amines is 1. The average Bonchev–Trinajstić information content (AvgIpc) is 2.43. The molecular formula is C9H12N2O4. The van der Waals surface area contributed by atoms with E-state index in [1.807, 2.05) is 0 Å². The van der Waals surface area contributed by atoms with Crippen molar-refractivity contribution >= 4 is 11.9 Å². The van der Waals surface area contributed by atoms with Crippen molar-refractivity contribution in [3.8, 4) is 0 Å². The fourth-order valence-electron chi connectivity index (χ4n) is 1.36. The molecule has 5 N–H and O–H groups in total. The highest BCUT2D eigenvalue weighted by Crippen LogP contribution is 2.21. The number of aliphatic carboxylic acids is 1. The van der Waals surface area contributed by atoms with E-state index in [0.29, 0.717) is 11.1 Å². The predicted octanol–water partition coefficient (Wildman–Crippen LogP) is 0.414. The highest BCUT2D eigenvalue weighted by molar-refractivity contribution is 5.88. The standard InChI is InChI=1S/C9H12N2O4/c1-3-4(2)7(9(14)15)11-6(3)5(10)8(12)13/h5,11H,10H2,1-2H3,(H,12,13)(H,14,15). The van der Waals surface area contributed by atoms with Gasteiger partial charge in [0.25, 0.3) is 0 Å². The molecule has 0 aliphatic rings. The largest absolute Gasteiger partial charge is 0.480 e. The lowest BCUT2D eigenvalue weighted by Crippen LogP contribution is -2.22. The first-order valence-corrected chi connectivity index (χ1v) is 4.27. The van der Waals surface area contributed by atoms with Crippen LogP contribution in [0, 0.1) is 13.8 Å². The lowest BCUT2D eigenvalue weighted by atomic mass is 10.1. The van der Waals surface area contributed by atoms with Crippen LogP contribution in [0.15, 0.2) is 0 Å². The summed E-state index contributed by atoms with van der Waals surface area (Å²) in [6.07, 6.45) is 0. The fraction of sp³-hybridized carbons (Fsp3) is 0.333. The molecule has 0 fully saturated rings. The number of hydrogen-bond acceptors (Lipinski definition) is 3. The molecule has 1 atom stereocenters. The zero-order valence-electron chi connectivity index (χ0n) is 8.37. The number of carbonyl (C=O) groups is 2. The Morgan fingerprint density at radius 2 is 1.80 bits per heavy atom. The van der Waals surface area contributed by atoms with Gasteiger partial charge in [0.05, 0.1) is 0 Å². The number of nitrogens with two attached hydrogens (primary N) is 1. The maximum atomic E-state index is 10.8. The number of H-pyrrole nitrogens is 1. The van der Waals surface area contributed by atoms with E-state index in [9.17, 15) is 9.59 Å². The smallest absolute Gasteiger partial charge is 0.352 e. The number of rotatable bonds is 3. The monoisotopic (exact) mass is 212 g/mol. The maximum absolute atomic E-state index is 10.8. The normalized spacial score (nSPS) is 12.5. The van der Waals surface area contributed by atoms with Crippen LogP contribution in [-0.2, 0) is 4.79 Å². The molecule has 1 unspecified atom stereocenters. The predicted molar refractivity (Wildman–Crippen MR) is 51.8 cm³/mol. The van der Waals surface area contributed by atoms with Crippen LogP contribution >= 0.6 is 0 Å². The van der Waals surface area contributed by atoms with Gasteiger partial charge in [0, 0.05) is 5.69 Å². The summed E-state index contributed by atoms with van der Waals surface area (Å²) in [5, 5.41) is 17.5. The van der Waals surface area contributed by atoms with Crippen LogP contribution in [0.25, 0.3) is 0 Å². The molecule has 0 radical (unpaired) electrons. The van der Waals surface area contributed by atoms with Crippen molar-refractivity contribution in [2.75, 3.05) is 0 Å². The molecular weight excluding hydrogens is 200 g/mol. The number of carboxylic acids is 2. The summed E-state index contributed by atoms with van der Waals surface area (Å²) < 4.78 is 0. The number of carboxylic acid groups (broad SMARTS) is 2. The summed E-state index contributed by atoms with van der Waals surface area (Å²) in [6, 6.07) is -1.23. The van der Waals surface area contributed by atoms with E-state index < -0.39 is 18.0 Å². The van der Waals surface area contributed by atoms with Gasteiger partial charge in [-0.2, -0.15) is 0 Å². The van der Waals surface area contributed by atoms with Gasteiger partial charge in [0.1, 0.15) is 11.7 Å². The van der Waals surface area contributed by atoms with Crippen LogP contribution in [0.3, 0.4) is 0 Å². The molecule has 0 aliphatic carbocycles. The Morgan fingerprint density at radius 1 is 1.27 bits per heavy atom. The Labute approximate surface area is 85.7 Å². The second-order valence-electron chi connectivity index (χ2n) is 3.28. The Kier molecular flexibility index (Phi) is 2.81. The fourth-order valence-corrected chi connectivity index (χ4v) is 1.36. The Balaban J connectivity index is 3.27. The Hall–Kier alpha value is -1.82. The molecule has 1 aromatic heterocycles. The third-order valence-corrected chi connectivity index (χ3v) is 2.39. The molecule has 0 saturated carbocycles. The molecule has 1 heterocycles. The van der Waals surface area contributed by atoms with Crippen LogP contribution in [0.1, 0.15) is 33.4 Å². The third kappa shape index (κ3) is 1.84. The molecule has 0 aliphatic heterocycles. The van der Waals surface area contributed by atoms with Gasteiger partial charge in [0.2, 0.25) is 0 Å². The van der Waals surface area contributed by atoms with E-state index in [-0.39, 0.29) is 11.4 Å². The molecule has 0 amide bonds. The zero-order chi connectivity index (χ0) is 11.7. The molecule has 82 valence electrons. The Morgan fingerprint density at radius 3 is 2.13 bits per heavy atom. The SMILES string of the molecule is Cc1c(C(=O)O)[nH]c(C(N)C(=O)O)c1C. The summed E-state index contributed by atoms with van der Waals surface area (Å²) in [4.78, 5) is 23.9. The lowest BCUT2D eigenvalue weighted by Gasteiger charge is -2.05. The van der Waals surface area contributed by atoms with Gasteiger partial charge in [-0.15, -0.1) is 0 Å². The summed E-state index contributed by atoms with van der Waals surface area (Å²) in [5.41, 5.74) is 6.70. The minimum absolute atomic E-state index is 0.0146. The van der Waals surface area contributed by atoms with Gasteiger partial charge < -0.3 is 20.9 Å². The Bertz CT molecular complexity index is 422. The molecule has 0 bridgehead atoms. The highest BCUT2D eigenvalue weighted by atomic mass is 16.4. The summed E-state index contributed by atoms with van der Waals surface area (Å²) in [6.45, 7) is 3.24. The molecule has 1 rings (SSSR count). The summed E-state index contributed by atoms with van der Waals surface area (Å²) in [5.74, 6) is -2.32. The van der Waals surface area contributed by atoms with Crippen LogP contribution in [0.4, 0.5) is 0 Å². The number of hydrogen-bond donors (Lipinski definition) is 4. The van der Waals surface area contributed by atoms with Crippen molar-refractivity contribution in [2.45, 2.75) is 19.9 Å². The minimum Gasteiger partial charge on any atom is -0.480 e. The van der Waals surface area contributed by atoms with Gasteiger partial charge in [-0.25, -0.2) is 4.79 Å². The van der Waals surface area contributed by atoms with Crippen molar-refractivity contribution in [1.82, 2.24) is 4.98 Å². The van der Waals surface area contributed by atoms with E-state index in [2.05, 4.69) is 4.98 Å². The first kappa shape index (κ1) is 11.3. The summed E-state index contributed by atoms with van der Waals surface area (Å²) in [7, 11) is 0. The van der Waals surface area contributed by atoms with E-state index in [4.69, 9.17) is 15.9 Å². The van der Waals surface area contributed by atoms with E-state index in [1.54, 1.807) is 13.8 Å². The maximum Gasteiger partial charge on any atom is 0.352 e. The first-order valence-electron chi connectivity index (χ1n) is 4.27. The third-order valence-electron chi connectivity index (χ3n) is 2.39. The molecule has 0 saturated heterocycles. The zero-order valence-corrected chi connectivity index (χ0v) is 8.37. The van der Waals surface area contributed by atoms with Crippen molar-refractivity contribution in [2.24, 2.45) is 5.73 Å². The van der Waals surface area contributed by atoms with E-state index in [1.165, 1.54) is 0 Å². The van der Waals surface area contributed by atoms with Gasteiger partial charge in [-0.3, -0.25) is 4.79 Å². The molecule has 15 heavy (non-hydrogen) atoms. The lowest BCUT2D eigenvalue weighted by molar-refractivity contribution is -0.138. The van der Waals surface area contributed by atoms with Crippen molar-refractivity contribution in [1.29, 1.82) is 0 Å². The van der Waals surface area contributed by atoms with E-state index in [0.717, 1.165) is 0 Å². The average molecular weight is 212 g/mol. The van der Waals surface area contributed by atoms with Crippen molar-refractivity contribution < 1.29 is 19.8 Å². The molecule has 0 spiro atoms.